The Morgan fingerprint density at radius 2 is 1.90 bits per heavy atom. The summed E-state index contributed by atoms with van der Waals surface area (Å²) in [5.74, 6) is 0.550. The van der Waals surface area contributed by atoms with E-state index in [2.05, 4.69) is 37.6 Å². The van der Waals surface area contributed by atoms with Crippen molar-refractivity contribution in [2.24, 2.45) is 0 Å². The standard InChI is InChI=1S/C22H28N6O3/c1-16(30)24-20-14-23-22(26-21(20)28(15-29)19-4-2-3-5-19)25-17-6-8-18(9-7-17)27-10-12-31-13-11-27/h6-9,14-15,19H,2-5,10-13H2,1H3,(H,24,30)(H,23,25,26). The van der Waals surface area contributed by atoms with Crippen LogP contribution in [0.4, 0.5) is 28.8 Å². The molecule has 2 N–H and O–H groups in total. The van der Waals surface area contributed by atoms with Gasteiger partial charge in [0.25, 0.3) is 0 Å². The van der Waals surface area contributed by atoms with Crippen LogP contribution in [-0.4, -0.2) is 54.6 Å². The molecule has 1 aliphatic heterocycles. The second kappa shape index (κ2) is 9.74. The molecule has 9 heteroatoms. The number of carbonyl (C=O) groups is 2. The third-order valence-corrected chi connectivity index (χ3v) is 5.66. The minimum atomic E-state index is -0.235. The van der Waals surface area contributed by atoms with Gasteiger partial charge < -0.3 is 20.3 Å². The number of anilines is 5. The van der Waals surface area contributed by atoms with Gasteiger partial charge in [-0.25, -0.2) is 4.98 Å². The number of amides is 2. The van der Waals surface area contributed by atoms with Crippen LogP contribution in [0.5, 0.6) is 0 Å². The zero-order valence-corrected chi connectivity index (χ0v) is 17.7. The van der Waals surface area contributed by atoms with E-state index >= 15 is 0 Å². The van der Waals surface area contributed by atoms with Crippen molar-refractivity contribution in [2.45, 2.75) is 38.6 Å². The van der Waals surface area contributed by atoms with E-state index in [-0.39, 0.29) is 11.9 Å². The molecule has 2 heterocycles. The zero-order valence-electron chi connectivity index (χ0n) is 17.7. The molecule has 2 aliphatic rings. The largest absolute Gasteiger partial charge is 0.378 e. The molecule has 0 spiro atoms. The van der Waals surface area contributed by atoms with Crippen molar-refractivity contribution in [2.75, 3.05) is 46.7 Å². The van der Waals surface area contributed by atoms with Gasteiger partial charge in [0.05, 0.1) is 19.4 Å². The lowest BCUT2D eigenvalue weighted by molar-refractivity contribution is -0.114. The average molecular weight is 425 g/mol. The van der Waals surface area contributed by atoms with Crippen molar-refractivity contribution in [1.82, 2.24) is 9.97 Å². The first-order chi connectivity index (χ1) is 15.1. The third kappa shape index (κ3) is 5.11. The quantitative estimate of drug-likeness (QED) is 0.659. The molecule has 2 aromatic rings. The monoisotopic (exact) mass is 424 g/mol. The molecule has 9 nitrogen and oxygen atoms in total. The second-order valence-electron chi connectivity index (χ2n) is 7.83. The van der Waals surface area contributed by atoms with Crippen LogP contribution >= 0.6 is 0 Å². The van der Waals surface area contributed by atoms with Gasteiger partial charge in [-0.2, -0.15) is 4.98 Å². The lowest BCUT2D eigenvalue weighted by atomic mass is 10.2. The Morgan fingerprint density at radius 1 is 1.19 bits per heavy atom. The highest BCUT2D eigenvalue weighted by Gasteiger charge is 2.26. The second-order valence-corrected chi connectivity index (χ2v) is 7.83. The Kier molecular flexibility index (Phi) is 6.61. The van der Waals surface area contributed by atoms with Gasteiger partial charge in [0.1, 0.15) is 5.69 Å². The van der Waals surface area contributed by atoms with Gasteiger partial charge in [0, 0.05) is 37.4 Å². The van der Waals surface area contributed by atoms with Crippen LogP contribution in [0.25, 0.3) is 0 Å². The first-order valence-electron chi connectivity index (χ1n) is 10.7. The fourth-order valence-corrected chi connectivity index (χ4v) is 4.11. The minimum absolute atomic E-state index is 0.0839. The Balaban J connectivity index is 1.55. The SMILES string of the molecule is CC(=O)Nc1cnc(Nc2ccc(N3CCOCC3)cc2)nc1N(C=O)C1CCCC1. The summed E-state index contributed by atoms with van der Waals surface area (Å²) in [6.45, 7) is 4.67. The molecule has 1 saturated heterocycles. The fraction of sp³-hybridized carbons (Fsp3) is 0.455. The summed E-state index contributed by atoms with van der Waals surface area (Å²) in [4.78, 5) is 36.4. The van der Waals surface area contributed by atoms with Crippen molar-refractivity contribution in [3.63, 3.8) is 0 Å². The average Bonchev–Trinajstić information content (AvgIpc) is 3.31. The van der Waals surface area contributed by atoms with E-state index in [9.17, 15) is 9.59 Å². The molecule has 31 heavy (non-hydrogen) atoms. The molecule has 0 bridgehead atoms. The van der Waals surface area contributed by atoms with Crippen LogP contribution in [0.2, 0.25) is 0 Å². The summed E-state index contributed by atoms with van der Waals surface area (Å²) < 4.78 is 5.41. The Morgan fingerprint density at radius 3 is 2.55 bits per heavy atom. The molecular weight excluding hydrogens is 396 g/mol. The normalized spacial score (nSPS) is 16.7. The van der Waals surface area contributed by atoms with Gasteiger partial charge in [-0.1, -0.05) is 12.8 Å². The highest BCUT2D eigenvalue weighted by Crippen LogP contribution is 2.31. The molecule has 164 valence electrons. The number of nitrogens with zero attached hydrogens (tertiary/aromatic N) is 4. The Hall–Kier alpha value is -3.20. The van der Waals surface area contributed by atoms with Crippen LogP contribution in [0.3, 0.4) is 0 Å². The van der Waals surface area contributed by atoms with E-state index in [0.717, 1.165) is 69.8 Å². The molecular formula is C22H28N6O3. The molecule has 0 radical (unpaired) electrons. The Labute approximate surface area is 181 Å². The van der Waals surface area contributed by atoms with Crippen LogP contribution in [0.15, 0.2) is 30.5 Å². The maximum Gasteiger partial charge on any atom is 0.229 e. The molecule has 0 unspecified atom stereocenters. The molecule has 0 atom stereocenters. The van der Waals surface area contributed by atoms with E-state index in [1.54, 1.807) is 11.1 Å². The number of hydrogen-bond donors (Lipinski definition) is 2. The number of morpholine rings is 1. The highest BCUT2D eigenvalue weighted by molar-refractivity contribution is 5.94. The molecule has 1 aliphatic carbocycles. The van der Waals surface area contributed by atoms with Crippen molar-refractivity contribution < 1.29 is 14.3 Å². The third-order valence-electron chi connectivity index (χ3n) is 5.66. The van der Waals surface area contributed by atoms with Crippen molar-refractivity contribution in [3.8, 4) is 0 Å². The van der Waals surface area contributed by atoms with Crippen LogP contribution in [0.1, 0.15) is 32.6 Å². The molecule has 1 aromatic carbocycles. The molecule has 1 saturated carbocycles. The van der Waals surface area contributed by atoms with Crippen LogP contribution in [-0.2, 0) is 14.3 Å². The lowest BCUT2D eigenvalue weighted by Gasteiger charge is -2.29. The van der Waals surface area contributed by atoms with Crippen molar-refractivity contribution in [1.29, 1.82) is 0 Å². The van der Waals surface area contributed by atoms with Crippen LogP contribution < -0.4 is 20.4 Å². The van der Waals surface area contributed by atoms with E-state index in [1.807, 2.05) is 12.1 Å². The summed E-state index contributed by atoms with van der Waals surface area (Å²) in [5, 5.41) is 5.94. The molecule has 4 rings (SSSR count). The van der Waals surface area contributed by atoms with E-state index in [1.165, 1.54) is 6.92 Å². The summed E-state index contributed by atoms with van der Waals surface area (Å²) in [6.07, 6.45) is 6.35. The first kappa shape index (κ1) is 21.0. The van der Waals surface area contributed by atoms with E-state index in [4.69, 9.17) is 4.74 Å². The number of nitrogens with one attached hydrogen (secondary N) is 2. The Bertz CT molecular complexity index is 908. The number of hydrogen-bond acceptors (Lipinski definition) is 7. The summed E-state index contributed by atoms with van der Waals surface area (Å²) in [7, 11) is 0. The summed E-state index contributed by atoms with van der Waals surface area (Å²) in [6, 6.07) is 8.14. The summed E-state index contributed by atoms with van der Waals surface area (Å²) >= 11 is 0. The summed E-state index contributed by atoms with van der Waals surface area (Å²) in [5.41, 5.74) is 2.42. The number of carbonyl (C=O) groups excluding carboxylic acids is 2. The predicted octanol–water partition coefficient (Wildman–Crippen LogP) is 2.92. The van der Waals surface area contributed by atoms with Gasteiger partial charge in [0.2, 0.25) is 18.3 Å². The maximum atomic E-state index is 11.9. The molecule has 1 aromatic heterocycles. The van der Waals surface area contributed by atoms with E-state index < -0.39 is 0 Å². The van der Waals surface area contributed by atoms with Crippen LogP contribution in [0, 0.1) is 0 Å². The molecule has 2 amide bonds. The minimum Gasteiger partial charge on any atom is -0.378 e. The number of rotatable bonds is 7. The smallest absolute Gasteiger partial charge is 0.229 e. The zero-order chi connectivity index (χ0) is 21.6. The van der Waals surface area contributed by atoms with Gasteiger partial charge in [-0.05, 0) is 37.1 Å². The van der Waals surface area contributed by atoms with Crippen molar-refractivity contribution >= 4 is 41.1 Å². The fourth-order valence-electron chi connectivity index (χ4n) is 4.11. The number of benzene rings is 1. The van der Waals surface area contributed by atoms with Gasteiger partial charge in [0.15, 0.2) is 5.82 Å². The number of aromatic nitrogens is 2. The lowest BCUT2D eigenvalue weighted by Crippen LogP contribution is -2.36. The predicted molar refractivity (Wildman–Crippen MR) is 120 cm³/mol. The maximum absolute atomic E-state index is 11.9. The van der Waals surface area contributed by atoms with Gasteiger partial charge >= 0.3 is 0 Å². The van der Waals surface area contributed by atoms with Crippen molar-refractivity contribution in [3.05, 3.63) is 30.5 Å². The first-order valence-corrected chi connectivity index (χ1v) is 10.7. The highest BCUT2D eigenvalue weighted by atomic mass is 16.5. The topological polar surface area (TPSA) is 99.7 Å². The van der Waals surface area contributed by atoms with E-state index in [0.29, 0.717) is 17.5 Å². The molecule has 2 fully saturated rings. The number of ether oxygens (including phenoxy) is 1. The van der Waals surface area contributed by atoms with Gasteiger partial charge in [-0.15, -0.1) is 0 Å². The van der Waals surface area contributed by atoms with Gasteiger partial charge in [-0.3, -0.25) is 14.5 Å².